The number of rotatable bonds is 5. The van der Waals surface area contributed by atoms with E-state index in [0.29, 0.717) is 32.4 Å². The zero-order chi connectivity index (χ0) is 18.1. The Morgan fingerprint density at radius 1 is 1.30 bits per heavy atom. The van der Waals surface area contributed by atoms with Gasteiger partial charge in [0.2, 0.25) is 5.91 Å². The molecule has 2 aromatic rings. The van der Waals surface area contributed by atoms with Crippen LogP contribution in [-0.2, 0) is 21.1 Å². The molecule has 1 aromatic carbocycles. The van der Waals surface area contributed by atoms with Crippen LogP contribution in [0.2, 0.25) is 0 Å². The van der Waals surface area contributed by atoms with Gasteiger partial charge in [0.05, 0.1) is 15.2 Å². The molecule has 2 heterocycles. The SMILES string of the molecule is CC(Cc1nc2ccccc2s1)NC(=O)C1(S(C)(=O)=O)CCNCC1.Cl.Cl. The molecule has 1 aromatic heterocycles. The van der Waals surface area contributed by atoms with Crippen LogP contribution in [0, 0.1) is 0 Å². The summed E-state index contributed by atoms with van der Waals surface area (Å²) < 4.78 is 24.4. The van der Waals surface area contributed by atoms with E-state index < -0.39 is 14.6 Å². The molecule has 1 unspecified atom stereocenters. The Bertz CT molecular complexity index is 847. The number of para-hydroxylation sites is 1. The molecule has 2 N–H and O–H groups in total. The number of hydrogen-bond acceptors (Lipinski definition) is 6. The van der Waals surface area contributed by atoms with Crippen molar-refractivity contribution in [1.29, 1.82) is 0 Å². The van der Waals surface area contributed by atoms with Gasteiger partial charge < -0.3 is 10.6 Å². The standard InChI is InChI=1S/C17H23N3O3S2.2ClH/c1-12(11-15-20-13-5-3-4-6-14(13)24-15)19-16(21)17(25(2,22)23)7-9-18-10-8-17;;/h3-6,12,18H,7-11H2,1-2H3,(H,19,21);2*1H. The van der Waals surface area contributed by atoms with E-state index in [1.54, 1.807) is 11.3 Å². The van der Waals surface area contributed by atoms with Crippen molar-refractivity contribution < 1.29 is 13.2 Å². The highest BCUT2D eigenvalue weighted by Gasteiger charge is 2.48. The van der Waals surface area contributed by atoms with E-state index in [-0.39, 0.29) is 36.8 Å². The van der Waals surface area contributed by atoms with Crippen molar-refractivity contribution in [2.45, 2.75) is 37.0 Å². The van der Waals surface area contributed by atoms with Crippen LogP contribution in [0.1, 0.15) is 24.8 Å². The number of aromatic nitrogens is 1. The maximum absolute atomic E-state index is 12.8. The molecule has 1 aliphatic heterocycles. The third kappa shape index (κ3) is 5.12. The van der Waals surface area contributed by atoms with E-state index in [9.17, 15) is 13.2 Å². The number of sulfone groups is 1. The van der Waals surface area contributed by atoms with Crippen molar-refractivity contribution in [3.63, 3.8) is 0 Å². The second-order valence-corrected chi connectivity index (χ2v) is 10.1. The number of piperidine rings is 1. The molecule has 1 saturated heterocycles. The fourth-order valence-electron chi connectivity index (χ4n) is 3.27. The summed E-state index contributed by atoms with van der Waals surface area (Å²) in [7, 11) is -3.49. The largest absolute Gasteiger partial charge is 0.352 e. The van der Waals surface area contributed by atoms with Gasteiger partial charge in [-0.2, -0.15) is 0 Å². The zero-order valence-corrected chi connectivity index (χ0v) is 18.5. The lowest BCUT2D eigenvalue weighted by molar-refractivity contribution is -0.124. The van der Waals surface area contributed by atoms with E-state index in [1.807, 2.05) is 31.2 Å². The molecule has 27 heavy (non-hydrogen) atoms. The quantitative estimate of drug-likeness (QED) is 0.724. The molecule has 3 rings (SSSR count). The van der Waals surface area contributed by atoms with Gasteiger partial charge in [-0.1, -0.05) is 12.1 Å². The van der Waals surface area contributed by atoms with Crippen LogP contribution in [0.5, 0.6) is 0 Å². The highest BCUT2D eigenvalue weighted by atomic mass is 35.5. The average Bonchev–Trinajstić information content (AvgIpc) is 2.96. The fourth-order valence-corrected chi connectivity index (χ4v) is 5.71. The van der Waals surface area contributed by atoms with E-state index >= 15 is 0 Å². The molecule has 1 atom stereocenters. The summed E-state index contributed by atoms with van der Waals surface area (Å²) in [5, 5.41) is 6.97. The van der Waals surface area contributed by atoms with Crippen LogP contribution >= 0.6 is 36.2 Å². The van der Waals surface area contributed by atoms with Gasteiger partial charge in [-0.25, -0.2) is 13.4 Å². The Morgan fingerprint density at radius 2 is 1.93 bits per heavy atom. The maximum Gasteiger partial charge on any atom is 0.241 e. The Morgan fingerprint density at radius 3 is 2.52 bits per heavy atom. The van der Waals surface area contributed by atoms with Crippen molar-refractivity contribution in [3.8, 4) is 0 Å². The lowest BCUT2D eigenvalue weighted by Crippen LogP contribution is -2.58. The molecule has 1 amide bonds. The summed E-state index contributed by atoms with van der Waals surface area (Å²) in [6, 6.07) is 7.73. The van der Waals surface area contributed by atoms with Crippen LogP contribution < -0.4 is 10.6 Å². The Hall–Kier alpha value is -0.930. The van der Waals surface area contributed by atoms with Crippen molar-refractivity contribution in [3.05, 3.63) is 29.3 Å². The van der Waals surface area contributed by atoms with Crippen LogP contribution in [0.3, 0.4) is 0 Å². The monoisotopic (exact) mass is 453 g/mol. The van der Waals surface area contributed by atoms with Gasteiger partial charge in [-0.3, -0.25) is 4.79 Å². The first-order valence-electron chi connectivity index (χ1n) is 8.37. The maximum atomic E-state index is 12.8. The minimum absolute atomic E-state index is 0. The highest BCUT2D eigenvalue weighted by Crippen LogP contribution is 2.28. The van der Waals surface area contributed by atoms with E-state index in [0.717, 1.165) is 21.5 Å². The molecular weight excluding hydrogens is 429 g/mol. The summed E-state index contributed by atoms with van der Waals surface area (Å²) in [5.41, 5.74) is 0.951. The first kappa shape index (κ1) is 24.1. The third-order valence-corrected chi connectivity index (χ3v) is 7.80. The minimum Gasteiger partial charge on any atom is -0.352 e. The summed E-state index contributed by atoms with van der Waals surface area (Å²) in [4.78, 5) is 17.4. The summed E-state index contributed by atoms with van der Waals surface area (Å²) in [6.45, 7) is 2.96. The molecule has 10 heteroatoms. The second kappa shape index (κ2) is 9.52. The van der Waals surface area contributed by atoms with E-state index in [1.165, 1.54) is 0 Å². The van der Waals surface area contributed by atoms with Crippen LogP contribution in [0.4, 0.5) is 0 Å². The molecule has 152 valence electrons. The highest BCUT2D eigenvalue weighted by molar-refractivity contribution is 7.92. The molecule has 0 spiro atoms. The molecule has 0 aliphatic carbocycles. The van der Waals surface area contributed by atoms with Crippen LogP contribution in [0.25, 0.3) is 10.2 Å². The number of nitrogens with zero attached hydrogens (tertiary/aromatic N) is 1. The number of benzene rings is 1. The van der Waals surface area contributed by atoms with Gasteiger partial charge in [0, 0.05) is 18.7 Å². The molecule has 0 bridgehead atoms. The first-order chi connectivity index (χ1) is 11.8. The van der Waals surface area contributed by atoms with E-state index in [2.05, 4.69) is 15.6 Å². The number of halogens is 2. The van der Waals surface area contributed by atoms with Gasteiger partial charge >= 0.3 is 0 Å². The van der Waals surface area contributed by atoms with Crippen molar-refractivity contribution in [2.75, 3.05) is 19.3 Å². The minimum atomic E-state index is -3.49. The molecule has 1 aliphatic rings. The van der Waals surface area contributed by atoms with Crippen molar-refractivity contribution >= 4 is 62.1 Å². The van der Waals surface area contributed by atoms with Crippen molar-refractivity contribution in [2.24, 2.45) is 0 Å². The number of nitrogens with one attached hydrogen (secondary N) is 2. The number of fused-ring (bicyclic) bond motifs is 1. The van der Waals surface area contributed by atoms with Crippen LogP contribution in [-0.4, -0.2) is 49.4 Å². The first-order valence-corrected chi connectivity index (χ1v) is 11.1. The van der Waals surface area contributed by atoms with Crippen LogP contribution in [0.15, 0.2) is 24.3 Å². The predicted molar refractivity (Wildman–Crippen MR) is 115 cm³/mol. The van der Waals surface area contributed by atoms with Gasteiger partial charge in [0.25, 0.3) is 0 Å². The van der Waals surface area contributed by atoms with E-state index in [4.69, 9.17) is 0 Å². The number of thiazole rings is 1. The summed E-state index contributed by atoms with van der Waals surface area (Å²) in [6.07, 6.45) is 2.37. The topological polar surface area (TPSA) is 88.2 Å². The Kier molecular flexibility index (Phi) is 8.50. The fraction of sp³-hybridized carbons (Fsp3) is 0.529. The zero-order valence-electron chi connectivity index (χ0n) is 15.2. The van der Waals surface area contributed by atoms with Gasteiger partial charge in [-0.05, 0) is 45.0 Å². The van der Waals surface area contributed by atoms with Gasteiger partial charge in [0.1, 0.15) is 0 Å². The Labute approximate surface area is 176 Å². The number of amides is 1. The lowest BCUT2D eigenvalue weighted by Gasteiger charge is -2.35. The van der Waals surface area contributed by atoms with Gasteiger partial charge in [-0.15, -0.1) is 36.2 Å². The molecule has 1 fully saturated rings. The molecule has 0 saturated carbocycles. The second-order valence-electron chi connectivity index (χ2n) is 6.67. The number of carbonyl (C=O) groups is 1. The lowest BCUT2D eigenvalue weighted by atomic mass is 9.95. The van der Waals surface area contributed by atoms with Gasteiger partial charge in [0.15, 0.2) is 14.6 Å². The van der Waals surface area contributed by atoms with Crippen molar-refractivity contribution in [1.82, 2.24) is 15.6 Å². The Balaban J connectivity index is 0.00000182. The average molecular weight is 454 g/mol. The molecular formula is C17H25Cl2N3O3S2. The summed E-state index contributed by atoms with van der Waals surface area (Å²) in [5.74, 6) is -0.384. The third-order valence-electron chi connectivity index (χ3n) is 4.73. The normalized spacial score (nSPS) is 17.4. The number of hydrogen-bond donors (Lipinski definition) is 2. The molecule has 0 radical (unpaired) electrons. The summed E-state index contributed by atoms with van der Waals surface area (Å²) >= 11 is 1.60. The smallest absolute Gasteiger partial charge is 0.241 e. The molecule has 6 nitrogen and oxygen atoms in total. The number of carbonyl (C=O) groups excluding carboxylic acids is 1. The predicted octanol–water partition coefficient (Wildman–Crippen LogP) is 2.35.